The van der Waals surface area contributed by atoms with Gasteiger partial charge in [0.2, 0.25) is 0 Å². The van der Waals surface area contributed by atoms with Crippen LogP contribution in [-0.2, 0) is 0 Å². The largest absolute Gasteiger partial charge is 0.494 e. The van der Waals surface area contributed by atoms with Crippen molar-refractivity contribution in [2.75, 3.05) is 7.11 Å². The number of halogens is 1. The molecule has 24 heavy (non-hydrogen) atoms. The lowest BCUT2D eigenvalue weighted by atomic mass is 10.1. The number of Topliss-reactive ketones (excluding diaryl/α,β-unsaturated/α-hetero) is 1. The highest BCUT2D eigenvalue weighted by atomic mass is 19.1. The number of aromatic nitrogens is 1. The second-order valence-corrected chi connectivity index (χ2v) is 5.77. The maximum Gasteiger partial charge on any atom is 0.268 e. The Morgan fingerprint density at radius 2 is 1.96 bits per heavy atom. The topological polar surface area (TPSA) is 71.2 Å². The summed E-state index contributed by atoms with van der Waals surface area (Å²) in [5.41, 5.74) is 2.77. The minimum Gasteiger partial charge on any atom is -0.494 e. The highest BCUT2D eigenvalue weighted by Crippen LogP contribution is 2.23. The van der Waals surface area contributed by atoms with Gasteiger partial charge in [-0.25, -0.2) is 4.39 Å². The van der Waals surface area contributed by atoms with E-state index in [0.717, 1.165) is 0 Å². The van der Waals surface area contributed by atoms with Crippen molar-refractivity contribution in [3.05, 3.63) is 52.1 Å². The summed E-state index contributed by atoms with van der Waals surface area (Å²) >= 11 is 0. The number of amides is 1. The number of nitrogens with one attached hydrogen (secondary N) is 2. The molecule has 0 bridgehead atoms. The Morgan fingerprint density at radius 3 is 2.46 bits per heavy atom. The first-order valence-corrected chi connectivity index (χ1v) is 7.60. The molecular weight excluding hydrogens is 311 g/mol. The van der Waals surface area contributed by atoms with Gasteiger partial charge in [0.05, 0.1) is 13.2 Å². The quantitative estimate of drug-likeness (QED) is 0.824. The Bertz CT molecular complexity index is 796. The monoisotopic (exact) mass is 332 g/mol. The minimum absolute atomic E-state index is 0.0921. The van der Waals surface area contributed by atoms with Crippen LogP contribution < -0.4 is 10.1 Å². The molecule has 0 saturated heterocycles. The van der Waals surface area contributed by atoms with Crippen LogP contribution in [0.15, 0.2) is 18.2 Å². The van der Waals surface area contributed by atoms with Gasteiger partial charge in [0.25, 0.3) is 5.91 Å². The smallest absolute Gasteiger partial charge is 0.268 e. The first kappa shape index (κ1) is 17.7. The molecule has 1 atom stereocenters. The van der Waals surface area contributed by atoms with E-state index in [2.05, 4.69) is 10.3 Å². The van der Waals surface area contributed by atoms with E-state index >= 15 is 0 Å². The third kappa shape index (κ3) is 3.32. The molecule has 128 valence electrons. The van der Waals surface area contributed by atoms with Crippen molar-refractivity contribution >= 4 is 11.7 Å². The highest BCUT2D eigenvalue weighted by molar-refractivity contribution is 6.02. The molecule has 0 saturated carbocycles. The van der Waals surface area contributed by atoms with Gasteiger partial charge in [-0.3, -0.25) is 9.59 Å². The average Bonchev–Trinajstić information content (AvgIpc) is 2.81. The summed E-state index contributed by atoms with van der Waals surface area (Å²) in [6.07, 6.45) is 0. The summed E-state index contributed by atoms with van der Waals surface area (Å²) in [4.78, 5) is 27.1. The normalized spacial score (nSPS) is 11.9. The lowest BCUT2D eigenvalue weighted by molar-refractivity contribution is 0.0934. The van der Waals surface area contributed by atoms with Crippen LogP contribution in [0.5, 0.6) is 5.75 Å². The summed E-state index contributed by atoms with van der Waals surface area (Å²) in [5, 5.41) is 2.81. The average molecular weight is 332 g/mol. The van der Waals surface area contributed by atoms with E-state index in [9.17, 15) is 14.0 Å². The minimum atomic E-state index is -0.484. The second kappa shape index (κ2) is 6.86. The van der Waals surface area contributed by atoms with Crippen LogP contribution in [0.1, 0.15) is 57.6 Å². The molecule has 0 aliphatic carbocycles. The Morgan fingerprint density at radius 1 is 1.29 bits per heavy atom. The SMILES string of the molecule is COc1ccc(C(C)NC(=O)c2[nH]c(C)c(C(C)=O)c2C)cc1F. The molecule has 2 aromatic rings. The molecule has 2 rings (SSSR count). The van der Waals surface area contributed by atoms with Gasteiger partial charge in [-0.05, 0) is 51.0 Å². The van der Waals surface area contributed by atoms with Gasteiger partial charge in [-0.2, -0.15) is 0 Å². The first-order chi connectivity index (χ1) is 11.3. The maximum atomic E-state index is 13.8. The molecule has 1 heterocycles. The molecule has 5 nitrogen and oxygen atoms in total. The molecule has 0 fully saturated rings. The number of aromatic amines is 1. The van der Waals surface area contributed by atoms with Crippen LogP contribution in [0.4, 0.5) is 4.39 Å². The van der Waals surface area contributed by atoms with E-state index in [1.54, 1.807) is 26.8 Å². The van der Waals surface area contributed by atoms with E-state index in [1.165, 1.54) is 26.2 Å². The van der Waals surface area contributed by atoms with Gasteiger partial charge < -0.3 is 15.0 Å². The van der Waals surface area contributed by atoms with Crippen LogP contribution >= 0.6 is 0 Å². The molecule has 6 heteroatoms. The van der Waals surface area contributed by atoms with Crippen LogP contribution in [-0.4, -0.2) is 23.8 Å². The van der Waals surface area contributed by atoms with Crippen LogP contribution in [0.2, 0.25) is 0 Å². The Kier molecular flexibility index (Phi) is 5.07. The maximum absolute atomic E-state index is 13.8. The Balaban J connectivity index is 2.22. The fraction of sp³-hybridized carbons (Fsp3) is 0.333. The lowest BCUT2D eigenvalue weighted by Gasteiger charge is -2.15. The Labute approximate surface area is 140 Å². The van der Waals surface area contributed by atoms with Gasteiger partial charge in [-0.1, -0.05) is 6.07 Å². The predicted molar refractivity (Wildman–Crippen MR) is 89.1 cm³/mol. The summed E-state index contributed by atoms with van der Waals surface area (Å²) < 4.78 is 18.7. The van der Waals surface area contributed by atoms with Crippen molar-refractivity contribution in [1.82, 2.24) is 10.3 Å². The molecule has 1 aromatic heterocycles. The van der Waals surface area contributed by atoms with Gasteiger partial charge >= 0.3 is 0 Å². The Hall–Kier alpha value is -2.63. The molecular formula is C18H21FN2O3. The highest BCUT2D eigenvalue weighted by Gasteiger charge is 2.21. The zero-order valence-corrected chi connectivity index (χ0v) is 14.4. The zero-order valence-electron chi connectivity index (χ0n) is 14.4. The van der Waals surface area contributed by atoms with Crippen molar-refractivity contribution in [2.24, 2.45) is 0 Å². The number of rotatable bonds is 5. The van der Waals surface area contributed by atoms with Gasteiger partial charge in [0.1, 0.15) is 5.69 Å². The van der Waals surface area contributed by atoms with Crippen molar-refractivity contribution in [2.45, 2.75) is 33.7 Å². The fourth-order valence-electron chi connectivity index (χ4n) is 2.81. The number of ether oxygens (including phenoxy) is 1. The second-order valence-electron chi connectivity index (χ2n) is 5.77. The van der Waals surface area contributed by atoms with Gasteiger partial charge in [-0.15, -0.1) is 0 Å². The van der Waals surface area contributed by atoms with E-state index in [-0.39, 0.29) is 17.4 Å². The standard InChI is InChI=1S/C18H21FN2O3/c1-9-16(12(4)22)11(3)20-17(9)18(23)21-10(2)13-6-7-15(24-5)14(19)8-13/h6-8,10,20H,1-5H3,(H,21,23). The summed E-state index contributed by atoms with van der Waals surface area (Å²) in [6, 6.07) is 4.14. The molecule has 1 aromatic carbocycles. The molecule has 0 aliphatic heterocycles. The number of methoxy groups -OCH3 is 1. The molecule has 1 amide bonds. The van der Waals surface area contributed by atoms with Crippen LogP contribution in [0, 0.1) is 19.7 Å². The molecule has 1 unspecified atom stereocenters. The molecule has 2 N–H and O–H groups in total. The third-order valence-electron chi connectivity index (χ3n) is 4.04. The number of H-pyrrole nitrogens is 1. The van der Waals surface area contributed by atoms with Crippen molar-refractivity contribution < 1.29 is 18.7 Å². The zero-order chi connectivity index (χ0) is 18.0. The molecule has 0 spiro atoms. The van der Waals surface area contributed by atoms with E-state index in [1.807, 2.05) is 0 Å². The number of hydrogen-bond acceptors (Lipinski definition) is 3. The number of carbonyl (C=O) groups excluding carboxylic acids is 2. The molecule has 0 aliphatic rings. The fourth-order valence-corrected chi connectivity index (χ4v) is 2.81. The lowest BCUT2D eigenvalue weighted by Crippen LogP contribution is -2.27. The summed E-state index contributed by atoms with van der Waals surface area (Å²) in [5.74, 6) is -0.765. The number of hydrogen-bond donors (Lipinski definition) is 2. The predicted octanol–water partition coefficient (Wildman–Crippen LogP) is 3.47. The van der Waals surface area contributed by atoms with Crippen LogP contribution in [0.3, 0.4) is 0 Å². The number of benzene rings is 1. The summed E-state index contributed by atoms with van der Waals surface area (Å²) in [7, 11) is 1.40. The van der Waals surface area contributed by atoms with E-state index in [4.69, 9.17) is 4.74 Å². The molecule has 0 radical (unpaired) electrons. The van der Waals surface area contributed by atoms with Gasteiger partial charge in [0.15, 0.2) is 17.3 Å². The number of aryl methyl sites for hydroxylation is 1. The first-order valence-electron chi connectivity index (χ1n) is 7.60. The van der Waals surface area contributed by atoms with Crippen molar-refractivity contribution in [3.63, 3.8) is 0 Å². The van der Waals surface area contributed by atoms with Gasteiger partial charge in [0, 0.05) is 11.3 Å². The van der Waals surface area contributed by atoms with Crippen molar-refractivity contribution in [1.29, 1.82) is 0 Å². The van der Waals surface area contributed by atoms with E-state index in [0.29, 0.717) is 28.1 Å². The summed E-state index contributed by atoms with van der Waals surface area (Å²) in [6.45, 7) is 6.71. The van der Waals surface area contributed by atoms with E-state index < -0.39 is 11.9 Å². The number of carbonyl (C=O) groups is 2. The number of ketones is 1. The van der Waals surface area contributed by atoms with Crippen LogP contribution in [0.25, 0.3) is 0 Å². The third-order valence-corrected chi connectivity index (χ3v) is 4.04. The van der Waals surface area contributed by atoms with Crippen molar-refractivity contribution in [3.8, 4) is 5.75 Å².